The summed E-state index contributed by atoms with van der Waals surface area (Å²) in [5.74, 6) is -0.268. The Kier molecular flexibility index (Phi) is 6.96. The van der Waals surface area contributed by atoms with Crippen LogP contribution in [0.25, 0.3) is 22.2 Å². The topological polar surface area (TPSA) is 91.8 Å². The fourth-order valence-corrected chi connectivity index (χ4v) is 4.64. The Morgan fingerprint density at radius 2 is 1.91 bits per heavy atom. The number of halogens is 2. The number of pyridine rings is 1. The Hall–Kier alpha value is -3.43. The van der Waals surface area contributed by atoms with Crippen molar-refractivity contribution in [2.45, 2.75) is 25.3 Å². The first-order valence-corrected chi connectivity index (χ1v) is 12.3. The number of amides is 1. The molecule has 2 aromatic carbocycles. The van der Waals surface area contributed by atoms with Crippen LogP contribution in [-0.4, -0.2) is 40.0 Å². The van der Waals surface area contributed by atoms with Crippen LogP contribution in [0.3, 0.4) is 0 Å². The first kappa shape index (κ1) is 23.3. The first-order valence-electron chi connectivity index (χ1n) is 11.5. The molecule has 2 aromatic heterocycles. The van der Waals surface area contributed by atoms with Gasteiger partial charge in [0.2, 0.25) is 5.95 Å². The third-order valence-corrected chi connectivity index (χ3v) is 6.66. The maximum atomic E-state index is 13.3. The average molecular weight is 535 g/mol. The highest BCUT2D eigenvalue weighted by Gasteiger charge is 2.20. The van der Waals surface area contributed by atoms with Gasteiger partial charge in [0, 0.05) is 39.9 Å². The number of carbonyl (C=O) groups excluding carboxylic acids is 1. The van der Waals surface area contributed by atoms with Crippen molar-refractivity contribution < 1.29 is 9.18 Å². The molecule has 0 spiro atoms. The normalized spacial score (nSPS) is 15.7. The number of benzene rings is 2. The number of nitrogens with one attached hydrogen (secondary N) is 3. The van der Waals surface area contributed by atoms with Gasteiger partial charge in [-0.1, -0.05) is 40.5 Å². The van der Waals surface area contributed by atoms with Gasteiger partial charge in [-0.2, -0.15) is 4.98 Å². The molecule has 0 saturated carbocycles. The van der Waals surface area contributed by atoms with Gasteiger partial charge in [-0.3, -0.25) is 4.79 Å². The summed E-state index contributed by atoms with van der Waals surface area (Å²) in [6.45, 7) is 1.51. The molecule has 0 aliphatic carbocycles. The van der Waals surface area contributed by atoms with Crippen molar-refractivity contribution in [3.8, 4) is 11.1 Å². The van der Waals surface area contributed by atoms with Crippen LogP contribution in [0.5, 0.6) is 0 Å². The lowest BCUT2D eigenvalue weighted by atomic mass is 10.0. The zero-order valence-corrected chi connectivity index (χ0v) is 20.5. The van der Waals surface area contributed by atoms with Crippen LogP contribution in [0.15, 0.2) is 65.3 Å². The monoisotopic (exact) mass is 534 g/mol. The quantitative estimate of drug-likeness (QED) is 0.314. The minimum Gasteiger partial charge on any atom is -0.349 e. The molecule has 1 fully saturated rings. The number of piperidine rings is 1. The summed E-state index contributed by atoms with van der Waals surface area (Å²) in [6, 6.07) is 15.8. The van der Waals surface area contributed by atoms with Crippen LogP contribution in [0.4, 0.5) is 16.0 Å². The van der Waals surface area contributed by atoms with Crippen LogP contribution >= 0.6 is 15.9 Å². The van der Waals surface area contributed by atoms with Crippen molar-refractivity contribution in [2.24, 2.45) is 0 Å². The molecule has 1 atom stereocenters. The predicted octanol–water partition coefficient (Wildman–Crippen LogP) is 5.21. The zero-order chi connectivity index (χ0) is 24.2. The Morgan fingerprint density at radius 1 is 1.09 bits per heavy atom. The second-order valence-electron chi connectivity index (χ2n) is 8.46. The molecule has 4 aromatic rings. The largest absolute Gasteiger partial charge is 0.349 e. The number of fused-ring (bicyclic) bond motifs is 1. The molecule has 0 radical (unpaired) electrons. The second kappa shape index (κ2) is 10.5. The number of hydrogen-bond donors (Lipinski definition) is 3. The Labute approximate surface area is 210 Å². The van der Waals surface area contributed by atoms with E-state index in [2.05, 4.69) is 46.8 Å². The third kappa shape index (κ3) is 5.47. The van der Waals surface area contributed by atoms with Crippen molar-refractivity contribution in [1.29, 1.82) is 0 Å². The smallest absolute Gasteiger partial charge is 0.270 e. The van der Waals surface area contributed by atoms with E-state index in [9.17, 15) is 9.18 Å². The van der Waals surface area contributed by atoms with Gasteiger partial charge in [0.05, 0.1) is 0 Å². The Morgan fingerprint density at radius 3 is 2.69 bits per heavy atom. The number of carbonyl (C=O) groups is 1. The molecule has 1 aliphatic rings. The van der Waals surface area contributed by atoms with Crippen LogP contribution in [0.2, 0.25) is 0 Å². The zero-order valence-electron chi connectivity index (χ0n) is 18.9. The summed E-state index contributed by atoms with van der Waals surface area (Å²) < 4.78 is 14.1. The van der Waals surface area contributed by atoms with Crippen molar-refractivity contribution in [3.63, 3.8) is 0 Å². The number of rotatable bonds is 6. The molecular weight excluding hydrogens is 511 g/mol. The fourth-order valence-electron chi connectivity index (χ4n) is 4.14. The van der Waals surface area contributed by atoms with Crippen LogP contribution in [-0.2, 0) is 0 Å². The molecule has 3 heterocycles. The predicted molar refractivity (Wildman–Crippen MR) is 138 cm³/mol. The van der Waals surface area contributed by atoms with Crippen LogP contribution in [0.1, 0.15) is 29.8 Å². The van der Waals surface area contributed by atoms with E-state index in [-0.39, 0.29) is 17.8 Å². The minimum absolute atomic E-state index is 0.253. The molecule has 7 nitrogen and oxygen atoms in total. The summed E-state index contributed by atoms with van der Waals surface area (Å²) in [4.78, 5) is 26.9. The van der Waals surface area contributed by atoms with Gasteiger partial charge in [0.25, 0.3) is 5.91 Å². The molecule has 1 aliphatic heterocycles. The molecule has 178 valence electrons. The maximum Gasteiger partial charge on any atom is 0.270 e. The van der Waals surface area contributed by atoms with Gasteiger partial charge in [-0.05, 0) is 61.3 Å². The molecule has 35 heavy (non-hydrogen) atoms. The SMILES string of the molecule is O=C(NCC1CCCCN1)c1nc2nc(Nc3ccc(F)cc3)ncc2cc1-c1ccccc1Br. The lowest BCUT2D eigenvalue weighted by Crippen LogP contribution is -2.43. The van der Waals surface area contributed by atoms with Gasteiger partial charge in [-0.25, -0.2) is 14.4 Å². The van der Waals surface area contributed by atoms with E-state index in [0.717, 1.165) is 35.8 Å². The number of anilines is 2. The number of aromatic nitrogens is 3. The van der Waals surface area contributed by atoms with Gasteiger partial charge >= 0.3 is 0 Å². The molecule has 1 saturated heterocycles. The number of hydrogen-bond acceptors (Lipinski definition) is 6. The lowest BCUT2D eigenvalue weighted by Gasteiger charge is -2.23. The molecule has 3 N–H and O–H groups in total. The molecule has 1 unspecified atom stereocenters. The van der Waals surface area contributed by atoms with Gasteiger partial charge in [0.1, 0.15) is 11.5 Å². The van der Waals surface area contributed by atoms with E-state index in [1.54, 1.807) is 18.3 Å². The minimum atomic E-state index is -0.324. The maximum absolute atomic E-state index is 13.3. The van der Waals surface area contributed by atoms with Crippen LogP contribution < -0.4 is 16.0 Å². The standard InChI is InChI=1S/C26H24BrFN6O/c27-22-7-2-1-6-20(22)21-13-16-14-31-26(32-18-10-8-17(28)9-11-18)34-24(16)33-23(21)25(35)30-15-19-5-3-4-12-29-19/h1-2,6-11,13-14,19,29H,3-5,12,15H2,(H,30,35)(H,31,32,33,34). The highest BCUT2D eigenvalue weighted by atomic mass is 79.9. The van der Waals surface area contributed by atoms with Crippen molar-refractivity contribution in [3.05, 3.63) is 76.8 Å². The summed E-state index contributed by atoms with van der Waals surface area (Å²) >= 11 is 3.60. The van der Waals surface area contributed by atoms with Crippen molar-refractivity contribution in [2.75, 3.05) is 18.4 Å². The molecule has 0 bridgehead atoms. The highest BCUT2D eigenvalue weighted by Crippen LogP contribution is 2.32. The average Bonchev–Trinajstić information content (AvgIpc) is 2.89. The van der Waals surface area contributed by atoms with E-state index >= 15 is 0 Å². The Bertz CT molecular complexity index is 1360. The highest BCUT2D eigenvalue weighted by molar-refractivity contribution is 9.10. The Balaban J connectivity index is 1.50. The van der Waals surface area contributed by atoms with Crippen molar-refractivity contribution >= 4 is 44.5 Å². The summed E-state index contributed by atoms with van der Waals surface area (Å²) in [5, 5.41) is 10.2. The first-order chi connectivity index (χ1) is 17.1. The van der Waals surface area contributed by atoms with Crippen LogP contribution in [0, 0.1) is 5.82 Å². The third-order valence-electron chi connectivity index (χ3n) is 5.97. The van der Waals surface area contributed by atoms with E-state index in [1.165, 1.54) is 12.1 Å². The molecule has 1 amide bonds. The van der Waals surface area contributed by atoms with Crippen molar-refractivity contribution in [1.82, 2.24) is 25.6 Å². The van der Waals surface area contributed by atoms with Gasteiger partial charge < -0.3 is 16.0 Å². The lowest BCUT2D eigenvalue weighted by molar-refractivity contribution is 0.0944. The molecular formula is C26H24BrFN6O. The fraction of sp³-hybridized carbons (Fsp3) is 0.231. The molecule has 9 heteroatoms. The van der Waals surface area contributed by atoms with Gasteiger partial charge in [0.15, 0.2) is 5.65 Å². The summed E-state index contributed by atoms with van der Waals surface area (Å²) in [7, 11) is 0. The van der Waals surface area contributed by atoms with E-state index in [0.29, 0.717) is 40.5 Å². The second-order valence-corrected chi connectivity index (χ2v) is 9.31. The summed E-state index contributed by atoms with van der Waals surface area (Å²) in [5.41, 5.74) is 2.89. The van der Waals surface area contributed by atoms with Gasteiger partial charge in [-0.15, -0.1) is 0 Å². The number of nitrogens with zero attached hydrogens (tertiary/aromatic N) is 3. The summed E-state index contributed by atoms with van der Waals surface area (Å²) in [6.07, 6.45) is 5.02. The van der Waals surface area contributed by atoms with E-state index in [4.69, 9.17) is 0 Å². The van der Waals surface area contributed by atoms with E-state index < -0.39 is 0 Å². The molecule has 5 rings (SSSR count). The van der Waals surface area contributed by atoms with E-state index in [1.807, 2.05) is 30.3 Å².